The molecule has 0 aromatic rings. The number of aliphatic hydroxyl groups excluding tert-OH is 1. The summed E-state index contributed by atoms with van der Waals surface area (Å²) in [4.78, 5) is 15.7. The van der Waals surface area contributed by atoms with Crippen LogP contribution in [0, 0.1) is 11.8 Å². The molecule has 2 fully saturated rings. The first-order valence-corrected chi connectivity index (χ1v) is 12.3. The average Bonchev–Trinajstić information content (AvgIpc) is 3.09. The van der Waals surface area contributed by atoms with Crippen LogP contribution in [0.25, 0.3) is 0 Å². The number of carbonyl (C=O) groups excluding carboxylic acids is 1. The standard InChI is InChI=1S/C19H34N2O3Si/c1-19(2,3)25(4,5)24-15-16-9-8-13-20(16)11-6-7-12-21-14-10-17(22)18(21)23/h16-17,22H,8-15H2,1-5H3/t16-,17+/m1/s1. The van der Waals surface area contributed by atoms with Crippen LogP contribution >= 0.6 is 0 Å². The lowest BCUT2D eigenvalue weighted by Crippen LogP contribution is -2.44. The summed E-state index contributed by atoms with van der Waals surface area (Å²) in [6, 6.07) is 0.457. The van der Waals surface area contributed by atoms with E-state index in [2.05, 4.69) is 50.6 Å². The first-order chi connectivity index (χ1) is 11.6. The fourth-order valence-electron chi connectivity index (χ4n) is 3.00. The van der Waals surface area contributed by atoms with E-state index >= 15 is 0 Å². The molecule has 0 aromatic heterocycles. The van der Waals surface area contributed by atoms with Crippen LogP contribution in [0.5, 0.6) is 0 Å². The lowest BCUT2D eigenvalue weighted by atomic mass is 10.2. The van der Waals surface area contributed by atoms with Crippen LogP contribution in [0.2, 0.25) is 18.1 Å². The van der Waals surface area contributed by atoms with E-state index < -0.39 is 14.4 Å². The molecular weight excluding hydrogens is 332 g/mol. The Balaban J connectivity index is 1.78. The minimum atomic E-state index is -1.70. The minimum Gasteiger partial charge on any atom is -0.415 e. The van der Waals surface area contributed by atoms with Crippen LogP contribution in [0.3, 0.4) is 0 Å². The van der Waals surface area contributed by atoms with Gasteiger partial charge in [-0.25, -0.2) is 0 Å². The van der Waals surface area contributed by atoms with E-state index in [0.717, 1.165) is 19.7 Å². The fourth-order valence-corrected chi connectivity index (χ4v) is 4.04. The maximum Gasteiger partial charge on any atom is 0.252 e. The molecule has 0 spiro atoms. The predicted octanol–water partition coefficient (Wildman–Crippen LogP) is 2.07. The third-order valence-electron chi connectivity index (χ3n) is 5.89. The van der Waals surface area contributed by atoms with Gasteiger partial charge in [-0.1, -0.05) is 32.6 Å². The SMILES string of the molecule is CC(C)(C)[Si](C)(C)OC[C@H]1CCCN1CC#CCN1CC[C@H](O)C1=O. The Morgan fingerprint density at radius 2 is 1.88 bits per heavy atom. The minimum absolute atomic E-state index is 0.184. The van der Waals surface area contributed by atoms with Gasteiger partial charge in [0.05, 0.1) is 13.1 Å². The number of aliphatic hydroxyl groups is 1. The highest BCUT2D eigenvalue weighted by Gasteiger charge is 2.38. The number of rotatable bonds is 5. The van der Waals surface area contributed by atoms with Crippen molar-refractivity contribution < 1.29 is 14.3 Å². The number of nitrogens with zero attached hydrogens (tertiary/aromatic N) is 2. The zero-order chi connectivity index (χ0) is 18.7. The van der Waals surface area contributed by atoms with Crippen LogP contribution in [-0.4, -0.2) is 74.1 Å². The smallest absolute Gasteiger partial charge is 0.252 e. The zero-order valence-electron chi connectivity index (χ0n) is 16.5. The molecule has 0 bridgehead atoms. The Kier molecular flexibility index (Phi) is 6.72. The molecule has 2 aliphatic rings. The van der Waals surface area contributed by atoms with Crippen molar-refractivity contribution in [2.45, 2.75) is 70.3 Å². The van der Waals surface area contributed by atoms with Crippen molar-refractivity contribution in [3.05, 3.63) is 0 Å². The van der Waals surface area contributed by atoms with E-state index in [0.29, 0.717) is 25.6 Å². The van der Waals surface area contributed by atoms with E-state index in [1.54, 1.807) is 4.90 Å². The van der Waals surface area contributed by atoms with E-state index in [9.17, 15) is 9.90 Å². The monoisotopic (exact) mass is 366 g/mol. The fraction of sp³-hybridized carbons (Fsp3) is 0.842. The Hall–Kier alpha value is -0.873. The molecule has 0 radical (unpaired) electrons. The molecule has 1 N–H and O–H groups in total. The quantitative estimate of drug-likeness (QED) is 0.598. The van der Waals surface area contributed by atoms with E-state index in [-0.39, 0.29) is 10.9 Å². The Morgan fingerprint density at radius 1 is 1.20 bits per heavy atom. The summed E-state index contributed by atoms with van der Waals surface area (Å²) in [7, 11) is -1.70. The van der Waals surface area contributed by atoms with Gasteiger partial charge < -0.3 is 14.4 Å². The highest BCUT2D eigenvalue weighted by molar-refractivity contribution is 6.74. The maximum absolute atomic E-state index is 11.7. The van der Waals surface area contributed by atoms with Gasteiger partial charge in [-0.3, -0.25) is 9.69 Å². The van der Waals surface area contributed by atoms with Crippen LogP contribution < -0.4 is 0 Å². The molecule has 2 saturated heterocycles. The van der Waals surface area contributed by atoms with Crippen molar-refractivity contribution in [1.82, 2.24) is 9.80 Å². The summed E-state index contributed by atoms with van der Waals surface area (Å²) in [5.74, 6) is 6.11. The number of carbonyl (C=O) groups is 1. The summed E-state index contributed by atoms with van der Waals surface area (Å²) < 4.78 is 6.39. The van der Waals surface area contributed by atoms with Crippen molar-refractivity contribution in [3.63, 3.8) is 0 Å². The first-order valence-electron chi connectivity index (χ1n) is 9.42. The normalized spacial score (nSPS) is 25.4. The van der Waals surface area contributed by atoms with Crippen LogP contribution in [0.1, 0.15) is 40.0 Å². The second-order valence-corrected chi connectivity index (χ2v) is 13.6. The van der Waals surface area contributed by atoms with Gasteiger partial charge in [0.25, 0.3) is 5.91 Å². The number of hydrogen-bond donors (Lipinski definition) is 1. The molecule has 2 heterocycles. The van der Waals surface area contributed by atoms with Crippen LogP contribution in [-0.2, 0) is 9.22 Å². The molecule has 0 saturated carbocycles. The van der Waals surface area contributed by atoms with Gasteiger partial charge in [0.1, 0.15) is 6.10 Å². The predicted molar refractivity (Wildman–Crippen MR) is 103 cm³/mol. The molecule has 2 rings (SSSR count). The highest BCUT2D eigenvalue weighted by atomic mass is 28.4. The maximum atomic E-state index is 11.7. The van der Waals surface area contributed by atoms with Gasteiger partial charge in [-0.2, -0.15) is 0 Å². The molecule has 5 nitrogen and oxygen atoms in total. The van der Waals surface area contributed by atoms with Gasteiger partial charge >= 0.3 is 0 Å². The van der Waals surface area contributed by atoms with Crippen LogP contribution in [0.4, 0.5) is 0 Å². The molecular formula is C19H34N2O3Si. The molecule has 25 heavy (non-hydrogen) atoms. The van der Waals surface area contributed by atoms with Gasteiger partial charge in [0, 0.05) is 19.2 Å². The van der Waals surface area contributed by atoms with E-state index in [4.69, 9.17) is 4.43 Å². The summed E-state index contributed by atoms with van der Waals surface area (Å²) in [5.41, 5.74) is 0. The topological polar surface area (TPSA) is 53.0 Å². The third-order valence-corrected chi connectivity index (χ3v) is 10.4. The molecule has 0 aliphatic carbocycles. The molecule has 0 unspecified atom stereocenters. The lowest BCUT2D eigenvalue weighted by molar-refractivity contribution is -0.133. The Bertz CT molecular complexity index is 533. The molecule has 1 amide bonds. The summed E-state index contributed by atoms with van der Waals surface area (Å²) in [6.07, 6.45) is 2.08. The third kappa shape index (κ3) is 5.30. The van der Waals surface area contributed by atoms with Crippen LogP contribution in [0.15, 0.2) is 0 Å². The molecule has 0 aromatic carbocycles. The van der Waals surface area contributed by atoms with Crippen molar-refractivity contribution in [3.8, 4) is 11.8 Å². The molecule has 2 aliphatic heterocycles. The Labute approximate surface area is 153 Å². The van der Waals surface area contributed by atoms with Gasteiger partial charge in [0.15, 0.2) is 8.32 Å². The van der Waals surface area contributed by atoms with E-state index in [1.165, 1.54) is 12.8 Å². The zero-order valence-corrected chi connectivity index (χ0v) is 17.5. The highest BCUT2D eigenvalue weighted by Crippen LogP contribution is 2.37. The van der Waals surface area contributed by atoms with Crippen molar-refractivity contribution in [1.29, 1.82) is 0 Å². The molecule has 2 atom stereocenters. The average molecular weight is 367 g/mol. The van der Waals surface area contributed by atoms with Gasteiger partial charge in [-0.05, 0) is 43.9 Å². The lowest BCUT2D eigenvalue weighted by Gasteiger charge is -2.37. The van der Waals surface area contributed by atoms with Crippen molar-refractivity contribution in [2.24, 2.45) is 0 Å². The van der Waals surface area contributed by atoms with Crippen molar-refractivity contribution >= 4 is 14.2 Å². The second-order valence-electron chi connectivity index (χ2n) is 8.76. The van der Waals surface area contributed by atoms with Gasteiger partial charge in [0.2, 0.25) is 0 Å². The molecule has 6 heteroatoms. The van der Waals surface area contributed by atoms with Crippen molar-refractivity contribution in [2.75, 3.05) is 32.8 Å². The Morgan fingerprint density at radius 3 is 2.48 bits per heavy atom. The largest absolute Gasteiger partial charge is 0.415 e. The summed E-state index contributed by atoms with van der Waals surface area (Å²) >= 11 is 0. The van der Waals surface area contributed by atoms with Gasteiger partial charge in [-0.15, -0.1) is 0 Å². The first kappa shape index (κ1) is 20.4. The van der Waals surface area contributed by atoms with E-state index in [1.807, 2.05) is 0 Å². The number of likely N-dealkylation sites (tertiary alicyclic amines) is 2. The number of amides is 1. The molecule has 142 valence electrons. The summed E-state index contributed by atoms with van der Waals surface area (Å²) in [6.45, 7) is 15.1. The summed E-state index contributed by atoms with van der Waals surface area (Å²) in [5, 5.41) is 9.69. The second kappa shape index (κ2) is 8.21. The number of hydrogen-bond acceptors (Lipinski definition) is 4.